The maximum atomic E-state index is 13.5. The molecule has 0 N–H and O–H groups in total. The lowest BCUT2D eigenvalue weighted by Crippen LogP contribution is -2.26. The van der Waals surface area contributed by atoms with Crippen LogP contribution in [0.5, 0.6) is 0 Å². The molecule has 0 aliphatic rings. The Hall–Kier alpha value is -1.15. The number of nitrogens with zero attached hydrogens (tertiary/aromatic N) is 1. The number of halogens is 3. The highest BCUT2D eigenvalue weighted by atomic mass is 79.9. The van der Waals surface area contributed by atoms with Crippen LogP contribution in [0.25, 0.3) is 0 Å². The summed E-state index contributed by atoms with van der Waals surface area (Å²) in [4.78, 5) is 0.176. The van der Waals surface area contributed by atoms with Crippen molar-refractivity contribution in [2.24, 2.45) is 0 Å². The number of sulfonamides is 1. The third kappa shape index (κ3) is 3.69. The molecule has 0 aliphatic heterocycles. The van der Waals surface area contributed by atoms with Gasteiger partial charge in [0, 0.05) is 8.95 Å². The molecule has 7 heteroatoms. The van der Waals surface area contributed by atoms with Crippen LogP contribution in [-0.2, 0) is 10.0 Å². The monoisotopic (exact) mass is 543 g/mol. The van der Waals surface area contributed by atoms with E-state index in [1.165, 1.54) is 4.31 Å². The van der Waals surface area contributed by atoms with Gasteiger partial charge in [0.25, 0.3) is 10.0 Å². The smallest absolute Gasteiger partial charge is 0.234 e. The first kappa shape index (κ1) is 18.6. The van der Waals surface area contributed by atoms with Crippen LogP contribution in [0.3, 0.4) is 0 Å². The molecule has 0 aliphatic carbocycles. The van der Waals surface area contributed by atoms with Gasteiger partial charge in [-0.15, -0.1) is 0 Å². The van der Waals surface area contributed by atoms with E-state index in [1.807, 2.05) is 36.4 Å². The molecule has 0 fully saturated rings. The molecule has 0 radical (unpaired) electrons. The summed E-state index contributed by atoms with van der Waals surface area (Å²) in [6.45, 7) is 0. The van der Waals surface area contributed by atoms with Gasteiger partial charge in [-0.3, -0.25) is 0 Å². The molecule has 3 aromatic rings. The highest BCUT2D eigenvalue weighted by Crippen LogP contribution is 2.40. The van der Waals surface area contributed by atoms with Gasteiger partial charge >= 0.3 is 0 Å². The maximum Gasteiger partial charge on any atom is 0.269 e. The summed E-state index contributed by atoms with van der Waals surface area (Å²) in [7, 11) is -3.84. The number of anilines is 2. The van der Waals surface area contributed by atoms with Gasteiger partial charge in [0.15, 0.2) is 0 Å². The van der Waals surface area contributed by atoms with E-state index in [0.29, 0.717) is 20.3 Å². The largest absolute Gasteiger partial charge is 0.269 e. The lowest BCUT2D eigenvalue weighted by molar-refractivity contribution is 0.595. The standard InChI is InChI=1S/C18H12Br3NO2S/c19-15-11-12-16(18(21)17(15)20)25(23,24)22(13-7-3-1-4-8-13)14-9-5-2-6-10-14/h1-12H. The van der Waals surface area contributed by atoms with E-state index >= 15 is 0 Å². The van der Waals surface area contributed by atoms with E-state index in [9.17, 15) is 8.42 Å². The van der Waals surface area contributed by atoms with Gasteiger partial charge in [-0.2, -0.15) is 0 Å². The minimum Gasteiger partial charge on any atom is -0.234 e. The number of benzene rings is 3. The summed E-state index contributed by atoms with van der Waals surface area (Å²) in [6.07, 6.45) is 0. The van der Waals surface area contributed by atoms with E-state index in [-0.39, 0.29) is 4.90 Å². The Morgan fingerprint density at radius 3 is 1.60 bits per heavy atom. The average molecular weight is 546 g/mol. The first-order chi connectivity index (χ1) is 11.9. The molecule has 128 valence electrons. The quantitative estimate of drug-likeness (QED) is 0.351. The fourth-order valence-corrected chi connectivity index (χ4v) is 5.96. The van der Waals surface area contributed by atoms with Crippen LogP contribution in [0, 0.1) is 0 Å². The average Bonchev–Trinajstić information content (AvgIpc) is 2.61. The van der Waals surface area contributed by atoms with E-state index in [1.54, 1.807) is 36.4 Å². The number of rotatable bonds is 4. The van der Waals surface area contributed by atoms with Crippen molar-refractivity contribution in [2.75, 3.05) is 4.31 Å². The summed E-state index contributed by atoms with van der Waals surface area (Å²) in [6, 6.07) is 21.3. The number of hydrogen-bond acceptors (Lipinski definition) is 2. The lowest BCUT2D eigenvalue weighted by Gasteiger charge is -2.25. The Kier molecular flexibility index (Phi) is 5.68. The zero-order valence-electron chi connectivity index (χ0n) is 12.7. The van der Waals surface area contributed by atoms with E-state index in [2.05, 4.69) is 47.8 Å². The van der Waals surface area contributed by atoms with E-state index < -0.39 is 10.0 Å². The van der Waals surface area contributed by atoms with Crippen LogP contribution >= 0.6 is 47.8 Å². The van der Waals surface area contributed by atoms with Crippen LogP contribution in [-0.4, -0.2) is 8.42 Å². The predicted octanol–water partition coefficient (Wildman–Crippen LogP) is 6.50. The van der Waals surface area contributed by atoms with Gasteiger partial charge in [-0.25, -0.2) is 12.7 Å². The second-order valence-corrected chi connectivity index (χ2v) is 9.31. The fourth-order valence-electron chi connectivity index (χ4n) is 2.36. The zero-order chi connectivity index (χ0) is 18.0. The van der Waals surface area contributed by atoms with Crippen LogP contribution < -0.4 is 4.31 Å². The van der Waals surface area contributed by atoms with Crippen molar-refractivity contribution in [2.45, 2.75) is 4.90 Å². The minimum atomic E-state index is -3.84. The highest BCUT2D eigenvalue weighted by Gasteiger charge is 2.29. The molecular weight excluding hydrogens is 534 g/mol. The van der Waals surface area contributed by atoms with Crippen LogP contribution in [0.1, 0.15) is 0 Å². The van der Waals surface area contributed by atoms with Crippen molar-refractivity contribution in [1.29, 1.82) is 0 Å². The van der Waals surface area contributed by atoms with Crippen molar-refractivity contribution in [3.8, 4) is 0 Å². The van der Waals surface area contributed by atoms with Crippen LogP contribution in [0.4, 0.5) is 11.4 Å². The molecule has 0 atom stereocenters. The van der Waals surface area contributed by atoms with E-state index in [0.717, 1.165) is 4.47 Å². The molecule has 0 spiro atoms. The summed E-state index contributed by atoms with van der Waals surface area (Å²) in [5.41, 5.74) is 1.14. The first-order valence-electron chi connectivity index (χ1n) is 7.22. The Morgan fingerprint density at radius 1 is 0.640 bits per heavy atom. The third-order valence-electron chi connectivity index (χ3n) is 3.50. The van der Waals surface area contributed by atoms with Crippen molar-refractivity contribution in [3.63, 3.8) is 0 Å². The third-order valence-corrected chi connectivity index (χ3v) is 8.93. The van der Waals surface area contributed by atoms with Gasteiger partial charge in [-0.05, 0) is 84.2 Å². The van der Waals surface area contributed by atoms with Crippen molar-refractivity contribution in [3.05, 3.63) is 86.2 Å². The van der Waals surface area contributed by atoms with Gasteiger partial charge in [-0.1, -0.05) is 36.4 Å². The van der Waals surface area contributed by atoms with Crippen LogP contribution in [0.15, 0.2) is 91.1 Å². The Bertz CT molecular complexity index is 954. The van der Waals surface area contributed by atoms with Gasteiger partial charge < -0.3 is 0 Å². The van der Waals surface area contributed by atoms with Gasteiger partial charge in [0.1, 0.15) is 4.90 Å². The Balaban J connectivity index is 2.25. The lowest BCUT2D eigenvalue weighted by atomic mass is 10.3. The SMILES string of the molecule is O=S(=O)(c1ccc(Br)c(Br)c1Br)N(c1ccccc1)c1ccccc1. The molecule has 3 nitrogen and oxygen atoms in total. The number of para-hydroxylation sites is 2. The molecule has 3 aromatic carbocycles. The Labute approximate surface area is 172 Å². The van der Waals surface area contributed by atoms with Gasteiger partial charge in [0.05, 0.1) is 15.8 Å². The first-order valence-corrected chi connectivity index (χ1v) is 11.0. The molecule has 25 heavy (non-hydrogen) atoms. The van der Waals surface area contributed by atoms with Crippen LogP contribution in [0.2, 0.25) is 0 Å². The summed E-state index contributed by atoms with van der Waals surface area (Å²) in [5.74, 6) is 0. The summed E-state index contributed by atoms with van der Waals surface area (Å²) < 4.78 is 30.2. The molecule has 0 unspecified atom stereocenters. The van der Waals surface area contributed by atoms with Gasteiger partial charge in [0.2, 0.25) is 0 Å². The second-order valence-electron chi connectivity index (χ2n) is 5.11. The molecule has 3 rings (SSSR count). The van der Waals surface area contributed by atoms with Crippen molar-refractivity contribution < 1.29 is 8.42 Å². The molecule has 0 amide bonds. The Morgan fingerprint density at radius 2 is 1.12 bits per heavy atom. The minimum absolute atomic E-state index is 0.176. The molecule has 0 saturated heterocycles. The molecule has 0 saturated carbocycles. The summed E-state index contributed by atoms with van der Waals surface area (Å²) >= 11 is 10.2. The maximum absolute atomic E-state index is 13.5. The molecule has 0 aromatic heterocycles. The van der Waals surface area contributed by atoms with Crippen molar-refractivity contribution >= 4 is 69.2 Å². The fraction of sp³-hybridized carbons (Fsp3) is 0. The zero-order valence-corrected chi connectivity index (χ0v) is 18.3. The van der Waals surface area contributed by atoms with Crippen molar-refractivity contribution in [1.82, 2.24) is 0 Å². The predicted molar refractivity (Wildman–Crippen MR) is 112 cm³/mol. The topological polar surface area (TPSA) is 37.4 Å². The second kappa shape index (κ2) is 7.61. The molecular formula is C18H12Br3NO2S. The molecule has 0 bridgehead atoms. The number of hydrogen-bond donors (Lipinski definition) is 0. The normalized spacial score (nSPS) is 11.3. The molecule has 0 heterocycles. The highest BCUT2D eigenvalue weighted by molar-refractivity contribution is 9.14. The van der Waals surface area contributed by atoms with E-state index in [4.69, 9.17) is 0 Å². The summed E-state index contributed by atoms with van der Waals surface area (Å²) in [5, 5.41) is 0.